The van der Waals surface area contributed by atoms with Crippen LogP contribution in [0.15, 0.2) is 18.5 Å². The van der Waals surface area contributed by atoms with Crippen LogP contribution in [0.5, 0.6) is 0 Å². The Bertz CT molecular complexity index is 381. The van der Waals surface area contributed by atoms with E-state index in [1.165, 1.54) is 0 Å². The Balaban J connectivity index is 2.32. The van der Waals surface area contributed by atoms with Crippen LogP contribution in [0.2, 0.25) is 0 Å². The van der Waals surface area contributed by atoms with E-state index in [2.05, 4.69) is 10.3 Å². The lowest BCUT2D eigenvalue weighted by molar-refractivity contribution is 0.0883. The predicted octanol–water partition coefficient (Wildman–Crippen LogP) is 1.71. The van der Waals surface area contributed by atoms with Crippen molar-refractivity contribution in [1.82, 2.24) is 10.3 Å². The number of nitrogens with zero attached hydrogens (tertiary/aromatic N) is 1. The first-order valence-corrected chi connectivity index (χ1v) is 5.34. The van der Waals surface area contributed by atoms with Crippen molar-refractivity contribution in [3.8, 4) is 0 Å². The number of carbonyl (C=O) groups is 1. The molecule has 1 aromatic heterocycles. The SMILES string of the molecule is Cc1ccncc1C(=O)C1(C)CCCN1. The minimum absolute atomic E-state index is 0.172. The Kier molecular flexibility index (Phi) is 2.57. The second kappa shape index (κ2) is 3.74. The third-order valence-electron chi connectivity index (χ3n) is 3.15. The monoisotopic (exact) mass is 204 g/mol. The summed E-state index contributed by atoms with van der Waals surface area (Å²) in [6.45, 7) is 4.86. The summed E-state index contributed by atoms with van der Waals surface area (Å²) >= 11 is 0. The van der Waals surface area contributed by atoms with Crippen LogP contribution in [-0.2, 0) is 0 Å². The molecule has 3 nitrogen and oxygen atoms in total. The van der Waals surface area contributed by atoms with Gasteiger partial charge in [-0.3, -0.25) is 9.78 Å². The first kappa shape index (κ1) is 10.3. The van der Waals surface area contributed by atoms with Crippen LogP contribution in [0.1, 0.15) is 35.7 Å². The summed E-state index contributed by atoms with van der Waals surface area (Å²) in [5.41, 5.74) is 1.37. The van der Waals surface area contributed by atoms with Gasteiger partial charge in [-0.15, -0.1) is 0 Å². The molecule has 0 aliphatic carbocycles. The quantitative estimate of drug-likeness (QED) is 0.746. The van der Waals surface area contributed by atoms with Gasteiger partial charge in [-0.25, -0.2) is 0 Å². The van der Waals surface area contributed by atoms with Crippen molar-refractivity contribution in [2.24, 2.45) is 0 Å². The van der Waals surface area contributed by atoms with E-state index in [0.29, 0.717) is 0 Å². The number of ketones is 1. The molecule has 1 aliphatic rings. The molecule has 2 heterocycles. The molecule has 1 aromatic rings. The lowest BCUT2D eigenvalue weighted by atomic mass is 9.89. The van der Waals surface area contributed by atoms with Gasteiger partial charge in [0, 0.05) is 18.0 Å². The Labute approximate surface area is 89.9 Å². The van der Waals surface area contributed by atoms with Crippen molar-refractivity contribution >= 4 is 5.78 Å². The van der Waals surface area contributed by atoms with Gasteiger partial charge in [0.2, 0.25) is 0 Å². The van der Waals surface area contributed by atoms with Crippen molar-refractivity contribution in [3.63, 3.8) is 0 Å². The fourth-order valence-electron chi connectivity index (χ4n) is 2.09. The highest BCUT2D eigenvalue weighted by molar-refractivity contribution is 6.04. The third-order valence-corrected chi connectivity index (χ3v) is 3.15. The number of hydrogen-bond donors (Lipinski definition) is 1. The minimum Gasteiger partial charge on any atom is -0.305 e. The Morgan fingerprint density at radius 1 is 1.60 bits per heavy atom. The highest BCUT2D eigenvalue weighted by Crippen LogP contribution is 2.24. The zero-order valence-corrected chi connectivity index (χ0v) is 9.21. The van der Waals surface area contributed by atoms with E-state index in [1.54, 1.807) is 12.4 Å². The van der Waals surface area contributed by atoms with Gasteiger partial charge in [-0.1, -0.05) is 0 Å². The summed E-state index contributed by atoms with van der Waals surface area (Å²) in [4.78, 5) is 16.3. The number of carbonyl (C=O) groups excluding carboxylic acids is 1. The molecule has 0 amide bonds. The minimum atomic E-state index is -0.381. The number of nitrogens with one attached hydrogen (secondary N) is 1. The van der Waals surface area contributed by atoms with Gasteiger partial charge in [-0.05, 0) is 44.9 Å². The Hall–Kier alpha value is -1.22. The number of hydrogen-bond acceptors (Lipinski definition) is 3. The molecule has 15 heavy (non-hydrogen) atoms. The fraction of sp³-hybridized carbons (Fsp3) is 0.500. The van der Waals surface area contributed by atoms with E-state index < -0.39 is 0 Å². The zero-order valence-electron chi connectivity index (χ0n) is 9.21. The Morgan fingerprint density at radius 3 is 3.00 bits per heavy atom. The fourth-order valence-corrected chi connectivity index (χ4v) is 2.09. The van der Waals surface area contributed by atoms with E-state index in [4.69, 9.17) is 0 Å². The van der Waals surface area contributed by atoms with Gasteiger partial charge >= 0.3 is 0 Å². The normalized spacial score (nSPS) is 25.5. The third kappa shape index (κ3) is 1.79. The molecule has 1 aliphatic heterocycles. The van der Waals surface area contributed by atoms with Crippen LogP contribution in [0.25, 0.3) is 0 Å². The topological polar surface area (TPSA) is 42.0 Å². The van der Waals surface area contributed by atoms with Gasteiger partial charge in [0.1, 0.15) is 0 Å². The number of pyridine rings is 1. The van der Waals surface area contributed by atoms with Crippen molar-refractivity contribution in [3.05, 3.63) is 29.6 Å². The largest absolute Gasteiger partial charge is 0.305 e. The molecule has 0 bridgehead atoms. The van der Waals surface area contributed by atoms with E-state index in [-0.39, 0.29) is 11.3 Å². The van der Waals surface area contributed by atoms with Gasteiger partial charge in [0.15, 0.2) is 5.78 Å². The van der Waals surface area contributed by atoms with Crippen molar-refractivity contribution in [2.75, 3.05) is 6.54 Å². The number of Topliss-reactive ketones (excluding diaryl/α,β-unsaturated/α-hetero) is 1. The van der Waals surface area contributed by atoms with Gasteiger partial charge < -0.3 is 5.32 Å². The molecule has 1 atom stereocenters. The lowest BCUT2D eigenvalue weighted by Crippen LogP contribution is -2.44. The molecular weight excluding hydrogens is 188 g/mol. The van der Waals surface area contributed by atoms with Crippen LogP contribution in [0.3, 0.4) is 0 Å². The zero-order chi connectivity index (χ0) is 10.9. The second-order valence-corrected chi connectivity index (χ2v) is 4.38. The number of aryl methyl sites for hydroxylation is 1. The molecule has 3 heteroatoms. The standard InChI is InChI=1S/C12H16N2O/c1-9-4-7-13-8-10(9)11(15)12(2)5-3-6-14-12/h4,7-8,14H,3,5-6H2,1-2H3. The average Bonchev–Trinajstić information content (AvgIpc) is 2.66. The van der Waals surface area contributed by atoms with Crippen LogP contribution in [-0.4, -0.2) is 22.9 Å². The van der Waals surface area contributed by atoms with E-state index in [1.807, 2.05) is 19.9 Å². The average molecular weight is 204 g/mol. The van der Waals surface area contributed by atoms with Crippen LogP contribution >= 0.6 is 0 Å². The molecule has 1 unspecified atom stereocenters. The summed E-state index contributed by atoms with van der Waals surface area (Å²) in [6.07, 6.45) is 5.38. The van der Waals surface area contributed by atoms with Crippen molar-refractivity contribution < 1.29 is 4.79 Å². The maximum atomic E-state index is 12.3. The molecule has 0 aromatic carbocycles. The first-order chi connectivity index (χ1) is 7.13. The molecule has 2 rings (SSSR count). The highest BCUT2D eigenvalue weighted by Gasteiger charge is 2.36. The number of aromatic nitrogens is 1. The number of rotatable bonds is 2. The maximum absolute atomic E-state index is 12.3. The van der Waals surface area contributed by atoms with Crippen molar-refractivity contribution in [1.29, 1.82) is 0 Å². The van der Waals surface area contributed by atoms with Gasteiger partial charge in [0.05, 0.1) is 5.54 Å². The lowest BCUT2D eigenvalue weighted by Gasteiger charge is -2.23. The van der Waals surface area contributed by atoms with E-state index in [9.17, 15) is 4.79 Å². The molecular formula is C12H16N2O. The van der Waals surface area contributed by atoms with Gasteiger partial charge in [0.25, 0.3) is 0 Å². The molecule has 0 saturated carbocycles. The highest BCUT2D eigenvalue weighted by atomic mass is 16.1. The molecule has 1 fully saturated rings. The summed E-state index contributed by atoms with van der Waals surface area (Å²) in [6, 6.07) is 1.88. The van der Waals surface area contributed by atoms with E-state index in [0.717, 1.165) is 30.5 Å². The van der Waals surface area contributed by atoms with E-state index >= 15 is 0 Å². The maximum Gasteiger partial charge on any atom is 0.184 e. The molecule has 1 saturated heterocycles. The molecule has 1 N–H and O–H groups in total. The van der Waals surface area contributed by atoms with Crippen LogP contribution < -0.4 is 5.32 Å². The van der Waals surface area contributed by atoms with Gasteiger partial charge in [-0.2, -0.15) is 0 Å². The molecule has 80 valence electrons. The van der Waals surface area contributed by atoms with Crippen molar-refractivity contribution in [2.45, 2.75) is 32.2 Å². The summed E-state index contributed by atoms with van der Waals surface area (Å²) in [7, 11) is 0. The smallest absolute Gasteiger partial charge is 0.184 e. The first-order valence-electron chi connectivity index (χ1n) is 5.34. The molecule has 0 radical (unpaired) electrons. The second-order valence-electron chi connectivity index (χ2n) is 4.38. The summed E-state index contributed by atoms with van der Waals surface area (Å²) < 4.78 is 0. The summed E-state index contributed by atoms with van der Waals surface area (Å²) in [5, 5.41) is 3.28. The van der Waals surface area contributed by atoms with Crippen LogP contribution in [0, 0.1) is 6.92 Å². The predicted molar refractivity (Wildman–Crippen MR) is 58.9 cm³/mol. The Morgan fingerprint density at radius 2 is 2.40 bits per heavy atom. The van der Waals surface area contributed by atoms with Crippen LogP contribution in [0.4, 0.5) is 0 Å². The molecule has 0 spiro atoms. The summed E-state index contributed by atoms with van der Waals surface area (Å²) in [5.74, 6) is 0.172.